The van der Waals surface area contributed by atoms with Gasteiger partial charge in [0.15, 0.2) is 11.6 Å². The van der Waals surface area contributed by atoms with Crippen molar-refractivity contribution in [3.05, 3.63) is 29.6 Å². The minimum Gasteiger partial charge on any atom is -0.496 e. The number of fused-ring (bicyclic) bond motifs is 1. The number of hydrogen-bond donors (Lipinski definition) is 0. The van der Waals surface area contributed by atoms with Gasteiger partial charge in [0.1, 0.15) is 11.5 Å². The van der Waals surface area contributed by atoms with E-state index in [1.165, 1.54) is 20.3 Å². The van der Waals surface area contributed by atoms with Crippen LogP contribution in [0.5, 0.6) is 17.2 Å². The highest BCUT2D eigenvalue weighted by molar-refractivity contribution is 6.00. The number of ether oxygens (including phenoxy) is 3. The number of hydrogen-bond acceptors (Lipinski definition) is 3. The van der Waals surface area contributed by atoms with Crippen LogP contribution in [0.15, 0.2) is 18.2 Å². The van der Waals surface area contributed by atoms with Crippen molar-refractivity contribution in [1.29, 1.82) is 0 Å². The van der Waals surface area contributed by atoms with Gasteiger partial charge in [-0.25, -0.2) is 4.39 Å². The summed E-state index contributed by atoms with van der Waals surface area (Å²) in [6.07, 6.45) is 0. The van der Waals surface area contributed by atoms with Gasteiger partial charge >= 0.3 is 0 Å². The van der Waals surface area contributed by atoms with Gasteiger partial charge in [0, 0.05) is 11.5 Å². The molecular weight excluding hydrogens is 235 g/mol. The van der Waals surface area contributed by atoms with E-state index < -0.39 is 5.82 Å². The lowest BCUT2D eigenvalue weighted by molar-refractivity contribution is 0.378. The topological polar surface area (TPSA) is 27.7 Å². The second kappa shape index (κ2) is 4.72. The van der Waals surface area contributed by atoms with Gasteiger partial charge in [0.05, 0.1) is 26.7 Å². The van der Waals surface area contributed by atoms with E-state index in [1.54, 1.807) is 13.2 Å². The molecule has 0 atom stereocenters. The maximum Gasteiger partial charge on any atom is 0.169 e. The molecule has 18 heavy (non-hydrogen) atoms. The van der Waals surface area contributed by atoms with E-state index in [-0.39, 0.29) is 5.75 Å². The zero-order chi connectivity index (χ0) is 13.3. The monoisotopic (exact) mass is 250 g/mol. The minimum absolute atomic E-state index is 0.173. The number of aryl methyl sites for hydroxylation is 1. The van der Waals surface area contributed by atoms with E-state index >= 15 is 0 Å². The molecule has 2 aromatic rings. The largest absolute Gasteiger partial charge is 0.496 e. The fraction of sp³-hybridized carbons (Fsp3) is 0.286. The van der Waals surface area contributed by atoms with E-state index in [4.69, 9.17) is 14.2 Å². The van der Waals surface area contributed by atoms with Crippen LogP contribution < -0.4 is 14.2 Å². The minimum atomic E-state index is -0.467. The Bertz CT molecular complexity index is 593. The Morgan fingerprint density at radius 3 is 2.11 bits per heavy atom. The summed E-state index contributed by atoms with van der Waals surface area (Å²) in [5, 5.41) is 1.40. The number of benzene rings is 2. The quantitative estimate of drug-likeness (QED) is 0.836. The van der Waals surface area contributed by atoms with Crippen LogP contribution in [0.3, 0.4) is 0 Å². The third-order valence-electron chi connectivity index (χ3n) is 2.97. The van der Waals surface area contributed by atoms with Crippen molar-refractivity contribution in [3.8, 4) is 17.2 Å². The first-order valence-corrected chi connectivity index (χ1v) is 5.51. The van der Waals surface area contributed by atoms with Crippen molar-refractivity contribution < 1.29 is 18.6 Å². The Morgan fingerprint density at radius 2 is 1.56 bits per heavy atom. The van der Waals surface area contributed by atoms with Gasteiger partial charge in [-0.1, -0.05) is 6.07 Å². The van der Waals surface area contributed by atoms with Gasteiger partial charge in [-0.3, -0.25) is 0 Å². The summed E-state index contributed by atoms with van der Waals surface area (Å²) in [5.41, 5.74) is 0.973. The molecule has 3 nitrogen and oxygen atoms in total. The van der Waals surface area contributed by atoms with Crippen molar-refractivity contribution in [2.45, 2.75) is 6.92 Å². The maximum atomic E-state index is 14.0. The Morgan fingerprint density at radius 1 is 0.889 bits per heavy atom. The predicted octanol–water partition coefficient (Wildman–Crippen LogP) is 3.31. The van der Waals surface area contributed by atoms with Gasteiger partial charge in [-0.2, -0.15) is 0 Å². The van der Waals surface area contributed by atoms with Crippen LogP contribution in [0.25, 0.3) is 10.8 Å². The van der Waals surface area contributed by atoms with Crippen molar-refractivity contribution >= 4 is 10.8 Å². The summed E-state index contributed by atoms with van der Waals surface area (Å²) in [4.78, 5) is 0. The highest BCUT2D eigenvalue weighted by atomic mass is 19.1. The van der Waals surface area contributed by atoms with Gasteiger partial charge < -0.3 is 14.2 Å². The molecule has 0 bridgehead atoms. The van der Waals surface area contributed by atoms with E-state index in [9.17, 15) is 4.39 Å². The molecule has 0 radical (unpaired) electrons. The lowest BCUT2D eigenvalue weighted by Gasteiger charge is -2.15. The number of methoxy groups -OCH3 is 3. The van der Waals surface area contributed by atoms with Gasteiger partial charge in [-0.05, 0) is 18.6 Å². The molecule has 0 saturated heterocycles. The Hall–Kier alpha value is -1.97. The molecule has 0 spiro atoms. The molecule has 0 unspecified atom stereocenters. The first-order valence-electron chi connectivity index (χ1n) is 5.51. The first kappa shape index (κ1) is 12.5. The van der Waals surface area contributed by atoms with Crippen molar-refractivity contribution in [2.75, 3.05) is 21.3 Å². The Kier molecular flexibility index (Phi) is 3.28. The van der Waals surface area contributed by atoms with Crippen LogP contribution in [-0.4, -0.2) is 21.3 Å². The van der Waals surface area contributed by atoms with Crippen LogP contribution in [0.4, 0.5) is 4.39 Å². The van der Waals surface area contributed by atoms with Crippen LogP contribution in [-0.2, 0) is 0 Å². The fourth-order valence-electron chi connectivity index (χ4n) is 2.13. The van der Waals surface area contributed by atoms with Gasteiger partial charge in [-0.15, -0.1) is 0 Å². The van der Waals surface area contributed by atoms with Crippen molar-refractivity contribution in [2.24, 2.45) is 0 Å². The van der Waals surface area contributed by atoms with Crippen LogP contribution in [0.1, 0.15) is 5.56 Å². The van der Waals surface area contributed by atoms with Crippen LogP contribution in [0.2, 0.25) is 0 Å². The third kappa shape index (κ3) is 1.74. The zero-order valence-corrected chi connectivity index (χ0v) is 10.8. The second-order valence-corrected chi connectivity index (χ2v) is 3.93. The second-order valence-electron chi connectivity index (χ2n) is 3.93. The molecule has 96 valence electrons. The lowest BCUT2D eigenvalue weighted by atomic mass is 10.0. The molecule has 0 N–H and O–H groups in total. The SMILES string of the molecule is COc1cc(F)c(OC)c2c(OC)ccc(C)c12. The Labute approximate surface area is 105 Å². The smallest absolute Gasteiger partial charge is 0.169 e. The molecule has 2 aromatic carbocycles. The van der Waals surface area contributed by atoms with Crippen LogP contribution in [0, 0.1) is 12.7 Å². The highest BCUT2D eigenvalue weighted by Gasteiger charge is 2.18. The van der Waals surface area contributed by atoms with Crippen LogP contribution >= 0.6 is 0 Å². The summed E-state index contributed by atoms with van der Waals surface area (Å²) >= 11 is 0. The normalized spacial score (nSPS) is 10.5. The summed E-state index contributed by atoms with van der Waals surface area (Å²) in [7, 11) is 4.49. The van der Waals surface area contributed by atoms with Gasteiger partial charge in [0.2, 0.25) is 0 Å². The van der Waals surface area contributed by atoms with Crippen molar-refractivity contribution in [1.82, 2.24) is 0 Å². The lowest BCUT2D eigenvalue weighted by Crippen LogP contribution is -1.97. The molecular formula is C14H15FO3. The first-order chi connectivity index (χ1) is 8.63. The molecule has 0 aliphatic rings. The zero-order valence-electron chi connectivity index (χ0n) is 10.8. The maximum absolute atomic E-state index is 14.0. The number of halogens is 1. The standard InChI is InChI=1S/C14H15FO3/c1-8-5-6-10(16-2)13-12(8)11(17-3)7-9(15)14(13)18-4/h5-7H,1-4H3. The number of rotatable bonds is 3. The summed E-state index contributed by atoms with van der Waals surface area (Å²) < 4.78 is 29.6. The van der Waals surface area contributed by atoms with E-state index in [0.717, 1.165) is 10.9 Å². The van der Waals surface area contributed by atoms with Gasteiger partial charge in [0.25, 0.3) is 0 Å². The summed E-state index contributed by atoms with van der Waals surface area (Å²) in [6, 6.07) is 5.02. The summed E-state index contributed by atoms with van der Waals surface area (Å²) in [5.74, 6) is 0.738. The third-order valence-corrected chi connectivity index (χ3v) is 2.97. The summed E-state index contributed by atoms with van der Waals surface area (Å²) in [6.45, 7) is 1.93. The average molecular weight is 250 g/mol. The molecule has 0 fully saturated rings. The highest BCUT2D eigenvalue weighted by Crippen LogP contribution is 2.42. The fourth-order valence-corrected chi connectivity index (χ4v) is 2.13. The molecule has 0 saturated carbocycles. The molecule has 0 aliphatic heterocycles. The molecule has 0 amide bonds. The average Bonchev–Trinajstić information content (AvgIpc) is 2.38. The molecule has 0 aliphatic carbocycles. The molecule has 0 aromatic heterocycles. The molecule has 4 heteroatoms. The predicted molar refractivity (Wildman–Crippen MR) is 68.3 cm³/mol. The molecule has 2 rings (SSSR count). The van der Waals surface area contributed by atoms with E-state index in [1.807, 2.05) is 13.0 Å². The molecule has 0 heterocycles. The van der Waals surface area contributed by atoms with E-state index in [2.05, 4.69) is 0 Å². The van der Waals surface area contributed by atoms with E-state index in [0.29, 0.717) is 16.9 Å². The Balaban J connectivity index is 3.00. The van der Waals surface area contributed by atoms with Crippen molar-refractivity contribution in [3.63, 3.8) is 0 Å².